The minimum absolute atomic E-state index is 0.0144. The van der Waals surface area contributed by atoms with Crippen LogP contribution in [0, 0.1) is 11.8 Å². The van der Waals surface area contributed by atoms with Crippen LogP contribution in [0.5, 0.6) is 5.75 Å². The number of halogens is 3. The summed E-state index contributed by atoms with van der Waals surface area (Å²) < 4.78 is 50.7. The van der Waals surface area contributed by atoms with Gasteiger partial charge in [-0.1, -0.05) is 0 Å². The molecule has 11 heteroatoms. The van der Waals surface area contributed by atoms with Crippen LogP contribution in [0.4, 0.5) is 23.9 Å². The third kappa shape index (κ3) is 4.71. The van der Waals surface area contributed by atoms with E-state index in [0.29, 0.717) is 19.0 Å². The number of likely N-dealkylation sites (tertiary alicyclic amines) is 1. The lowest BCUT2D eigenvalue weighted by Gasteiger charge is -2.38. The first kappa shape index (κ1) is 22.5. The third-order valence-corrected chi connectivity index (χ3v) is 5.87. The Balaban J connectivity index is 1.47. The van der Waals surface area contributed by atoms with E-state index < -0.39 is 17.9 Å². The summed E-state index contributed by atoms with van der Waals surface area (Å²) in [4.78, 5) is 18.6. The molecule has 4 atom stereocenters. The molecule has 1 N–H and O–H groups in total. The Morgan fingerprint density at radius 1 is 1.22 bits per heavy atom. The molecule has 2 aromatic heterocycles. The second-order valence-electron chi connectivity index (χ2n) is 9.53. The first-order chi connectivity index (χ1) is 14.9. The molecule has 4 rings (SSSR count). The first-order valence-corrected chi connectivity index (χ1v) is 10.7. The van der Waals surface area contributed by atoms with Crippen LogP contribution < -0.4 is 10.1 Å². The highest BCUT2D eigenvalue weighted by atomic mass is 19.4. The van der Waals surface area contributed by atoms with E-state index in [0.717, 1.165) is 19.8 Å². The van der Waals surface area contributed by atoms with Crippen molar-refractivity contribution in [1.82, 2.24) is 19.5 Å². The Morgan fingerprint density at radius 2 is 1.88 bits per heavy atom. The number of hydrogen-bond donors (Lipinski definition) is 1. The minimum atomic E-state index is -4.48. The van der Waals surface area contributed by atoms with Crippen molar-refractivity contribution in [3.05, 3.63) is 18.3 Å². The van der Waals surface area contributed by atoms with Gasteiger partial charge in [-0.15, -0.1) is 5.10 Å². The normalized spacial score (nSPS) is 24.5. The highest BCUT2D eigenvalue weighted by Gasteiger charge is 2.44. The van der Waals surface area contributed by atoms with Gasteiger partial charge in [-0.2, -0.15) is 18.2 Å². The maximum Gasteiger partial charge on any atom is 0.425 e. The van der Waals surface area contributed by atoms with Gasteiger partial charge in [0.15, 0.2) is 17.5 Å². The summed E-state index contributed by atoms with van der Waals surface area (Å²) in [6.07, 6.45) is -3.21. The van der Waals surface area contributed by atoms with Crippen molar-refractivity contribution in [3.63, 3.8) is 0 Å². The number of carbonyl (C=O) groups excluding carboxylic acids is 1. The molecule has 1 aliphatic carbocycles. The van der Waals surface area contributed by atoms with E-state index in [1.807, 2.05) is 20.8 Å². The molecule has 1 saturated carbocycles. The molecular weight excluding hydrogens is 427 g/mol. The number of nitrogens with zero attached hydrogens (tertiary/aromatic N) is 4. The van der Waals surface area contributed by atoms with Gasteiger partial charge in [-0.3, -0.25) is 0 Å². The second-order valence-corrected chi connectivity index (χ2v) is 9.53. The molecule has 2 fully saturated rings. The number of rotatable bonds is 4. The van der Waals surface area contributed by atoms with E-state index in [1.54, 1.807) is 17.2 Å². The number of alkyl halides is 3. The number of nitrogens with one attached hydrogen (secondary N) is 1. The predicted molar refractivity (Wildman–Crippen MR) is 111 cm³/mol. The fraction of sp³-hybridized carbons (Fsp3) is 0.667. The molecule has 8 nitrogen and oxygen atoms in total. The lowest BCUT2D eigenvalue weighted by molar-refractivity contribution is -0.189. The second kappa shape index (κ2) is 8.00. The van der Waals surface area contributed by atoms with E-state index in [1.165, 1.54) is 10.6 Å². The Hall–Kier alpha value is -2.72. The maximum atomic E-state index is 12.9. The number of amides is 1. The van der Waals surface area contributed by atoms with Gasteiger partial charge in [0.05, 0.1) is 0 Å². The van der Waals surface area contributed by atoms with Crippen LogP contribution >= 0.6 is 0 Å². The summed E-state index contributed by atoms with van der Waals surface area (Å²) in [6, 6.07) is 3.08. The summed E-state index contributed by atoms with van der Waals surface area (Å²) in [5.74, 6) is 0.775. The molecule has 176 valence electrons. The lowest BCUT2D eigenvalue weighted by Crippen LogP contribution is -2.51. The van der Waals surface area contributed by atoms with Crippen LogP contribution in [0.2, 0.25) is 0 Å². The van der Waals surface area contributed by atoms with E-state index in [2.05, 4.69) is 15.4 Å². The van der Waals surface area contributed by atoms with Gasteiger partial charge in [-0.25, -0.2) is 9.31 Å². The number of piperidine rings is 1. The quantitative estimate of drug-likeness (QED) is 0.747. The molecule has 1 unspecified atom stereocenters. The van der Waals surface area contributed by atoms with Crippen LogP contribution in [0.3, 0.4) is 0 Å². The van der Waals surface area contributed by atoms with Gasteiger partial charge in [0, 0.05) is 25.3 Å². The summed E-state index contributed by atoms with van der Waals surface area (Å²) in [5, 5.41) is 7.72. The van der Waals surface area contributed by atoms with Crippen molar-refractivity contribution < 1.29 is 27.4 Å². The molecule has 0 radical (unpaired) electrons. The number of carbonyl (C=O) groups is 1. The molecule has 2 aromatic rings. The maximum absolute atomic E-state index is 12.9. The van der Waals surface area contributed by atoms with Gasteiger partial charge in [0.2, 0.25) is 5.95 Å². The summed E-state index contributed by atoms with van der Waals surface area (Å²) in [5.41, 5.74) is -0.334. The van der Waals surface area contributed by atoms with Gasteiger partial charge in [0.25, 0.3) is 0 Å². The smallest absolute Gasteiger partial charge is 0.425 e. The molecule has 2 bridgehead atoms. The van der Waals surface area contributed by atoms with Crippen molar-refractivity contribution in [1.29, 1.82) is 0 Å². The van der Waals surface area contributed by atoms with E-state index in [-0.39, 0.29) is 35.4 Å². The third-order valence-electron chi connectivity index (χ3n) is 5.87. The van der Waals surface area contributed by atoms with E-state index in [4.69, 9.17) is 9.47 Å². The average Bonchev–Trinajstić information content (AvgIpc) is 3.17. The van der Waals surface area contributed by atoms with Crippen LogP contribution in [-0.4, -0.2) is 62.6 Å². The largest absolute Gasteiger partial charge is 0.477 e. The number of anilines is 1. The number of fused-ring (bicyclic) bond motifs is 3. The number of ether oxygens (including phenoxy) is 2. The monoisotopic (exact) mass is 455 g/mol. The Labute approximate surface area is 184 Å². The van der Waals surface area contributed by atoms with Gasteiger partial charge in [-0.05, 0) is 64.5 Å². The summed E-state index contributed by atoms with van der Waals surface area (Å²) in [7, 11) is 0. The Kier molecular flexibility index (Phi) is 5.62. The molecule has 0 aromatic carbocycles. The molecular formula is C21H28F3N5O3. The minimum Gasteiger partial charge on any atom is -0.477 e. The van der Waals surface area contributed by atoms with Crippen molar-refractivity contribution in [2.45, 2.75) is 64.5 Å². The Morgan fingerprint density at radius 3 is 2.47 bits per heavy atom. The highest BCUT2D eigenvalue weighted by molar-refractivity contribution is 5.68. The number of aromatic nitrogens is 3. The van der Waals surface area contributed by atoms with Crippen LogP contribution in [0.15, 0.2) is 18.3 Å². The Bertz CT molecular complexity index is 973. The average molecular weight is 455 g/mol. The van der Waals surface area contributed by atoms with E-state index in [9.17, 15) is 18.0 Å². The van der Waals surface area contributed by atoms with E-state index >= 15 is 0 Å². The molecule has 1 amide bonds. The molecule has 1 saturated heterocycles. The lowest BCUT2D eigenvalue weighted by atomic mass is 9.92. The first-order valence-electron chi connectivity index (χ1n) is 10.7. The fourth-order valence-corrected chi connectivity index (χ4v) is 4.38. The molecule has 3 heterocycles. The van der Waals surface area contributed by atoms with Crippen LogP contribution in [-0.2, 0) is 4.74 Å². The topological polar surface area (TPSA) is 81.0 Å². The molecule has 2 aliphatic rings. The zero-order valence-electron chi connectivity index (χ0n) is 18.5. The van der Waals surface area contributed by atoms with Crippen LogP contribution in [0.1, 0.15) is 40.5 Å². The zero-order valence-corrected chi connectivity index (χ0v) is 18.5. The highest BCUT2D eigenvalue weighted by Crippen LogP contribution is 2.39. The van der Waals surface area contributed by atoms with Gasteiger partial charge in [0.1, 0.15) is 5.60 Å². The number of pyridine rings is 1. The predicted octanol–water partition coefficient (Wildman–Crippen LogP) is 4.12. The van der Waals surface area contributed by atoms with Gasteiger partial charge >= 0.3 is 12.3 Å². The SMILES string of the molecule is CC(Oc1cccn2nc(N[C@@H]3[C@@H]4CC[C@H]3CN(C(=O)OC(C)(C)C)C4)nc12)C(F)(F)F. The van der Waals surface area contributed by atoms with Crippen molar-refractivity contribution in [3.8, 4) is 5.75 Å². The zero-order chi connectivity index (χ0) is 23.3. The van der Waals surface area contributed by atoms with Crippen molar-refractivity contribution >= 4 is 17.7 Å². The summed E-state index contributed by atoms with van der Waals surface area (Å²) in [6.45, 7) is 7.64. The van der Waals surface area contributed by atoms with Crippen molar-refractivity contribution in [2.24, 2.45) is 11.8 Å². The molecule has 0 spiro atoms. The number of hydrogen-bond acceptors (Lipinski definition) is 6. The molecule has 32 heavy (non-hydrogen) atoms. The van der Waals surface area contributed by atoms with Crippen LogP contribution in [0.25, 0.3) is 5.65 Å². The van der Waals surface area contributed by atoms with Crippen molar-refractivity contribution in [2.75, 3.05) is 18.4 Å². The fourth-order valence-electron chi connectivity index (χ4n) is 4.38. The summed E-state index contributed by atoms with van der Waals surface area (Å²) >= 11 is 0. The molecule has 1 aliphatic heterocycles. The van der Waals surface area contributed by atoms with Gasteiger partial charge < -0.3 is 19.7 Å². The standard InChI is InChI=1S/C21H28F3N5O3/c1-12(21(22,23)24)31-15-6-5-9-29-17(15)26-18(27-29)25-16-13-7-8-14(16)11-28(10-13)19(30)32-20(2,3)4/h5-6,9,12-14,16H,7-8,10-11H2,1-4H3,(H,25,27)/t12?,13-,14+,16-.